The van der Waals surface area contributed by atoms with Crippen molar-refractivity contribution >= 4 is 23.3 Å². The van der Waals surface area contributed by atoms with Crippen LogP contribution in [0.15, 0.2) is 53.5 Å². The van der Waals surface area contributed by atoms with Gasteiger partial charge in [-0.3, -0.25) is 4.79 Å². The SMILES string of the molecule is CC(C)C(NC(=O)NC1N=C(c2ccccc2F)c2ccccc2N(C)C1=O)C(C)C. The van der Waals surface area contributed by atoms with Crippen molar-refractivity contribution in [1.29, 1.82) is 0 Å². The molecular weight excluding hydrogens is 395 g/mol. The van der Waals surface area contributed by atoms with Crippen LogP contribution in [0.5, 0.6) is 0 Å². The number of hydrogen-bond donors (Lipinski definition) is 2. The number of fused-ring (bicyclic) bond motifs is 1. The van der Waals surface area contributed by atoms with Gasteiger partial charge in [-0.15, -0.1) is 0 Å². The molecule has 2 aromatic carbocycles. The Bertz CT molecular complexity index is 995. The van der Waals surface area contributed by atoms with Gasteiger partial charge in [0.2, 0.25) is 6.17 Å². The van der Waals surface area contributed by atoms with E-state index >= 15 is 0 Å². The van der Waals surface area contributed by atoms with E-state index in [4.69, 9.17) is 0 Å². The first-order valence-electron chi connectivity index (χ1n) is 10.5. The highest BCUT2D eigenvalue weighted by Crippen LogP contribution is 2.28. The number of carbonyl (C=O) groups is 2. The molecule has 1 aliphatic rings. The first-order valence-corrected chi connectivity index (χ1v) is 10.5. The number of nitrogens with one attached hydrogen (secondary N) is 2. The number of rotatable bonds is 5. The molecule has 1 atom stereocenters. The Labute approximate surface area is 182 Å². The minimum Gasteiger partial charge on any atom is -0.335 e. The largest absolute Gasteiger partial charge is 0.335 e. The molecule has 31 heavy (non-hydrogen) atoms. The molecule has 1 heterocycles. The summed E-state index contributed by atoms with van der Waals surface area (Å²) < 4.78 is 14.7. The van der Waals surface area contributed by atoms with Gasteiger partial charge in [-0.05, 0) is 30.0 Å². The number of urea groups is 1. The second kappa shape index (κ2) is 9.29. The Balaban J connectivity index is 2.01. The molecule has 7 heteroatoms. The van der Waals surface area contributed by atoms with E-state index in [0.717, 1.165) is 0 Å². The summed E-state index contributed by atoms with van der Waals surface area (Å²) in [6.45, 7) is 8.11. The van der Waals surface area contributed by atoms with Crippen LogP contribution in [0.4, 0.5) is 14.9 Å². The molecule has 1 unspecified atom stereocenters. The van der Waals surface area contributed by atoms with Gasteiger partial charge in [0.1, 0.15) is 5.82 Å². The third-order valence-electron chi connectivity index (χ3n) is 5.47. The highest BCUT2D eigenvalue weighted by atomic mass is 19.1. The second-order valence-electron chi connectivity index (χ2n) is 8.41. The predicted octanol–water partition coefficient (Wildman–Crippen LogP) is 3.95. The first kappa shape index (κ1) is 22.5. The van der Waals surface area contributed by atoms with Gasteiger partial charge in [-0.1, -0.05) is 58.0 Å². The Morgan fingerprint density at radius 1 is 1.00 bits per heavy atom. The normalized spacial score (nSPS) is 16.3. The van der Waals surface area contributed by atoms with Crippen LogP contribution in [0, 0.1) is 17.7 Å². The third kappa shape index (κ3) is 4.76. The molecule has 6 nitrogen and oxygen atoms in total. The summed E-state index contributed by atoms with van der Waals surface area (Å²) >= 11 is 0. The number of benzene rings is 2. The number of halogens is 1. The van der Waals surface area contributed by atoms with Crippen LogP contribution in [0.25, 0.3) is 0 Å². The van der Waals surface area contributed by atoms with Crippen LogP contribution in [0.1, 0.15) is 38.8 Å². The summed E-state index contributed by atoms with van der Waals surface area (Å²) in [5, 5.41) is 5.62. The molecule has 1 aliphatic heterocycles. The molecule has 0 bridgehead atoms. The molecule has 3 amide bonds. The lowest BCUT2D eigenvalue weighted by Gasteiger charge is -2.27. The number of likely N-dealkylation sites (N-methyl/N-ethyl adjacent to an activating group) is 1. The van der Waals surface area contributed by atoms with E-state index in [9.17, 15) is 14.0 Å². The number of para-hydroxylation sites is 1. The fourth-order valence-corrected chi connectivity index (χ4v) is 3.90. The van der Waals surface area contributed by atoms with Crippen molar-refractivity contribution in [3.63, 3.8) is 0 Å². The van der Waals surface area contributed by atoms with Crippen molar-refractivity contribution < 1.29 is 14.0 Å². The van der Waals surface area contributed by atoms with E-state index in [2.05, 4.69) is 15.6 Å². The number of nitrogens with zero attached hydrogens (tertiary/aromatic N) is 2. The highest BCUT2D eigenvalue weighted by molar-refractivity contribution is 6.20. The molecule has 164 valence electrons. The topological polar surface area (TPSA) is 73.8 Å². The monoisotopic (exact) mass is 424 g/mol. The maximum Gasteiger partial charge on any atom is 0.317 e. The standard InChI is InChI=1S/C24H29FN4O2/c1-14(2)20(15(3)4)27-24(31)28-22-23(30)29(5)19-13-9-7-11-17(19)21(26-22)16-10-6-8-12-18(16)25/h6-15,20,22H,1-5H3,(H2,27,28,31). The number of anilines is 1. The zero-order chi connectivity index (χ0) is 22.7. The Morgan fingerprint density at radius 2 is 1.58 bits per heavy atom. The zero-order valence-corrected chi connectivity index (χ0v) is 18.5. The van der Waals surface area contributed by atoms with Crippen molar-refractivity contribution in [3.8, 4) is 0 Å². The molecule has 3 rings (SSSR count). The van der Waals surface area contributed by atoms with Gasteiger partial charge >= 0.3 is 6.03 Å². The first-order chi connectivity index (χ1) is 14.7. The lowest BCUT2D eigenvalue weighted by molar-refractivity contribution is -0.119. The Kier molecular flexibility index (Phi) is 6.73. The van der Waals surface area contributed by atoms with E-state index < -0.39 is 23.9 Å². The fourth-order valence-electron chi connectivity index (χ4n) is 3.90. The van der Waals surface area contributed by atoms with Gasteiger partial charge in [0, 0.05) is 24.2 Å². The molecule has 0 aliphatic carbocycles. The van der Waals surface area contributed by atoms with Crippen LogP contribution >= 0.6 is 0 Å². The van der Waals surface area contributed by atoms with Crippen molar-refractivity contribution in [2.24, 2.45) is 16.8 Å². The Hall–Kier alpha value is -3.22. The number of hydrogen-bond acceptors (Lipinski definition) is 3. The van der Waals surface area contributed by atoms with Gasteiger partial charge in [-0.2, -0.15) is 0 Å². The number of aliphatic imine (C=N–C) groups is 1. The minimum atomic E-state index is -1.19. The Morgan fingerprint density at radius 3 is 2.19 bits per heavy atom. The van der Waals surface area contributed by atoms with Gasteiger partial charge < -0.3 is 15.5 Å². The van der Waals surface area contributed by atoms with Crippen LogP contribution in [-0.4, -0.2) is 36.9 Å². The average Bonchev–Trinajstić information content (AvgIpc) is 2.83. The van der Waals surface area contributed by atoms with Crippen molar-refractivity contribution in [2.75, 3.05) is 11.9 Å². The van der Waals surface area contributed by atoms with E-state index in [0.29, 0.717) is 17.0 Å². The van der Waals surface area contributed by atoms with Gasteiger partial charge in [0.05, 0.1) is 11.4 Å². The summed E-state index contributed by atoms with van der Waals surface area (Å²) in [6.07, 6.45) is -1.19. The van der Waals surface area contributed by atoms with E-state index in [1.54, 1.807) is 43.4 Å². The van der Waals surface area contributed by atoms with E-state index in [-0.39, 0.29) is 23.4 Å². The molecule has 0 fully saturated rings. The molecule has 0 saturated heterocycles. The summed E-state index contributed by atoms with van der Waals surface area (Å²) in [5.74, 6) is -0.407. The van der Waals surface area contributed by atoms with Gasteiger partial charge in [0.15, 0.2) is 0 Å². The summed E-state index contributed by atoms with van der Waals surface area (Å²) in [4.78, 5) is 31.9. The van der Waals surface area contributed by atoms with Crippen molar-refractivity contribution in [2.45, 2.75) is 39.9 Å². The third-order valence-corrected chi connectivity index (χ3v) is 5.47. The number of carbonyl (C=O) groups excluding carboxylic acids is 2. The van der Waals surface area contributed by atoms with Crippen molar-refractivity contribution in [3.05, 3.63) is 65.5 Å². The molecule has 0 spiro atoms. The average molecular weight is 425 g/mol. The molecule has 0 radical (unpaired) electrons. The van der Waals surface area contributed by atoms with Crippen LogP contribution in [-0.2, 0) is 4.79 Å². The van der Waals surface area contributed by atoms with Crippen LogP contribution in [0.3, 0.4) is 0 Å². The summed E-state index contributed by atoms with van der Waals surface area (Å²) in [5.41, 5.74) is 1.81. The minimum absolute atomic E-state index is 0.0641. The summed E-state index contributed by atoms with van der Waals surface area (Å²) in [6, 6.07) is 12.9. The molecule has 2 N–H and O–H groups in total. The molecule has 0 aromatic heterocycles. The molecule has 0 saturated carbocycles. The maximum atomic E-state index is 14.7. The van der Waals surface area contributed by atoms with E-state index in [1.165, 1.54) is 11.0 Å². The number of benzodiazepines with no additional fused rings is 1. The molecule has 2 aromatic rings. The summed E-state index contributed by atoms with van der Waals surface area (Å²) in [7, 11) is 1.62. The lowest BCUT2D eigenvalue weighted by atomic mass is 9.93. The van der Waals surface area contributed by atoms with Gasteiger partial charge in [-0.25, -0.2) is 14.2 Å². The smallest absolute Gasteiger partial charge is 0.317 e. The fraction of sp³-hybridized carbons (Fsp3) is 0.375. The van der Waals surface area contributed by atoms with Crippen LogP contribution < -0.4 is 15.5 Å². The quantitative estimate of drug-likeness (QED) is 0.763. The maximum absolute atomic E-state index is 14.7. The second-order valence-corrected chi connectivity index (χ2v) is 8.41. The highest BCUT2D eigenvalue weighted by Gasteiger charge is 2.32. The number of amides is 3. The predicted molar refractivity (Wildman–Crippen MR) is 121 cm³/mol. The van der Waals surface area contributed by atoms with Crippen molar-refractivity contribution in [1.82, 2.24) is 10.6 Å². The lowest BCUT2D eigenvalue weighted by Crippen LogP contribution is -2.53. The zero-order valence-electron chi connectivity index (χ0n) is 18.5. The van der Waals surface area contributed by atoms with Crippen LogP contribution in [0.2, 0.25) is 0 Å². The van der Waals surface area contributed by atoms with Gasteiger partial charge in [0.25, 0.3) is 5.91 Å². The molecular formula is C24H29FN4O2. The van der Waals surface area contributed by atoms with E-state index in [1.807, 2.05) is 33.8 Å².